The summed E-state index contributed by atoms with van der Waals surface area (Å²) in [5.74, 6) is 0. The molecule has 1 atom stereocenters. The number of hydrogen-bond donors (Lipinski definition) is 0. The van der Waals surface area contributed by atoms with Gasteiger partial charge < -0.3 is 0 Å². The van der Waals surface area contributed by atoms with Crippen LogP contribution in [0.4, 0.5) is 0 Å². The van der Waals surface area contributed by atoms with Gasteiger partial charge in [-0.25, -0.2) is 0 Å². The van der Waals surface area contributed by atoms with Crippen LogP contribution in [0.5, 0.6) is 0 Å². The molecular weight excluding hydrogens is 108 g/mol. The van der Waals surface area contributed by atoms with E-state index in [1.165, 1.54) is 19.3 Å². The lowest BCUT2D eigenvalue weighted by molar-refractivity contribution is 0.519. The molecule has 0 heteroatoms. The van der Waals surface area contributed by atoms with Crippen molar-refractivity contribution in [1.82, 2.24) is 0 Å². The van der Waals surface area contributed by atoms with Crippen LogP contribution in [-0.2, 0) is 0 Å². The molecule has 0 aromatic carbocycles. The zero-order valence-electron chi connectivity index (χ0n) is 5.85. The molecule has 0 bridgehead atoms. The smallest absolute Gasteiger partial charge is 0.00686 e. The quantitative estimate of drug-likeness (QED) is 0.431. The number of allylic oxidation sites excluding steroid dienone is 4. The van der Waals surface area contributed by atoms with Crippen molar-refractivity contribution < 1.29 is 0 Å². The highest BCUT2D eigenvalue weighted by Crippen LogP contribution is 2.45. The lowest BCUT2D eigenvalue weighted by Gasteiger charge is -2.17. The summed E-state index contributed by atoms with van der Waals surface area (Å²) < 4.78 is 0. The second kappa shape index (κ2) is 1.50. The molecule has 2 aliphatic rings. The molecule has 0 saturated heterocycles. The molecule has 0 fully saturated rings. The van der Waals surface area contributed by atoms with Gasteiger partial charge in [0, 0.05) is 5.41 Å². The molecule has 0 saturated carbocycles. The molecular formula is C9H12. The highest BCUT2D eigenvalue weighted by Gasteiger charge is 2.31. The van der Waals surface area contributed by atoms with Crippen LogP contribution in [0.3, 0.4) is 0 Å². The summed E-state index contributed by atoms with van der Waals surface area (Å²) in [5, 5.41) is 0. The van der Waals surface area contributed by atoms with Gasteiger partial charge in [-0.1, -0.05) is 30.7 Å². The highest BCUT2D eigenvalue weighted by atomic mass is 14.4. The Balaban J connectivity index is 2.39. The summed E-state index contributed by atoms with van der Waals surface area (Å²) >= 11 is 0. The summed E-state index contributed by atoms with van der Waals surface area (Å²) in [6.45, 7) is 2.34. The van der Waals surface area contributed by atoms with Crippen molar-refractivity contribution in [1.29, 1.82) is 0 Å². The van der Waals surface area contributed by atoms with E-state index in [0.29, 0.717) is 5.41 Å². The molecule has 0 radical (unpaired) electrons. The Bertz CT molecular complexity index is 186. The Morgan fingerprint density at radius 2 is 2.44 bits per heavy atom. The maximum absolute atomic E-state index is 2.40. The summed E-state index contributed by atoms with van der Waals surface area (Å²) in [5.41, 5.74) is 2.14. The number of rotatable bonds is 0. The van der Waals surface area contributed by atoms with Crippen LogP contribution in [-0.4, -0.2) is 0 Å². The predicted molar refractivity (Wildman–Crippen MR) is 39.2 cm³/mol. The maximum Gasteiger partial charge on any atom is 0.00686 e. The molecule has 0 aromatic heterocycles. The minimum atomic E-state index is 0.486. The minimum absolute atomic E-state index is 0.486. The van der Waals surface area contributed by atoms with E-state index in [1.54, 1.807) is 5.57 Å². The van der Waals surface area contributed by atoms with Crippen LogP contribution >= 0.6 is 0 Å². The first-order chi connectivity index (χ1) is 4.31. The fourth-order valence-corrected chi connectivity index (χ4v) is 1.89. The van der Waals surface area contributed by atoms with Gasteiger partial charge in [0.25, 0.3) is 0 Å². The van der Waals surface area contributed by atoms with Crippen molar-refractivity contribution >= 4 is 0 Å². The van der Waals surface area contributed by atoms with Crippen molar-refractivity contribution in [2.75, 3.05) is 0 Å². The molecule has 0 amide bonds. The molecule has 2 rings (SSSR count). The van der Waals surface area contributed by atoms with Gasteiger partial charge in [0.1, 0.15) is 0 Å². The molecule has 2 aliphatic carbocycles. The number of fused-ring (bicyclic) bond motifs is 1. The van der Waals surface area contributed by atoms with Gasteiger partial charge in [-0.3, -0.25) is 0 Å². The van der Waals surface area contributed by atoms with Crippen LogP contribution in [0, 0.1) is 5.41 Å². The summed E-state index contributed by atoms with van der Waals surface area (Å²) in [6.07, 6.45) is 10.9. The van der Waals surface area contributed by atoms with E-state index in [4.69, 9.17) is 0 Å². The minimum Gasteiger partial charge on any atom is -0.0841 e. The van der Waals surface area contributed by atoms with Crippen molar-refractivity contribution in [2.24, 2.45) is 5.41 Å². The van der Waals surface area contributed by atoms with E-state index >= 15 is 0 Å². The van der Waals surface area contributed by atoms with E-state index in [0.717, 1.165) is 0 Å². The monoisotopic (exact) mass is 120 g/mol. The molecule has 0 heterocycles. The highest BCUT2D eigenvalue weighted by molar-refractivity contribution is 5.33. The molecule has 0 nitrogen and oxygen atoms in total. The summed E-state index contributed by atoms with van der Waals surface area (Å²) in [7, 11) is 0. The van der Waals surface area contributed by atoms with Crippen LogP contribution in [0.1, 0.15) is 26.2 Å². The molecule has 9 heavy (non-hydrogen) atoms. The standard InChI is InChI=1S/C9H12/c1-9-6-2-4-8(9)5-3-7-9/h2,5-6H,3-4,7H2,1H3. The van der Waals surface area contributed by atoms with Gasteiger partial charge in [0.2, 0.25) is 0 Å². The predicted octanol–water partition coefficient (Wildman–Crippen LogP) is 2.67. The third-order valence-corrected chi connectivity index (χ3v) is 2.61. The second-order valence-corrected chi connectivity index (χ2v) is 3.29. The van der Waals surface area contributed by atoms with Crippen molar-refractivity contribution in [3.05, 3.63) is 23.8 Å². The van der Waals surface area contributed by atoms with Crippen LogP contribution < -0.4 is 0 Å². The van der Waals surface area contributed by atoms with Gasteiger partial charge in [0.15, 0.2) is 0 Å². The zero-order valence-corrected chi connectivity index (χ0v) is 5.85. The third kappa shape index (κ3) is 0.592. The maximum atomic E-state index is 2.40. The normalized spacial score (nSPS) is 39.0. The van der Waals surface area contributed by atoms with E-state index in [-0.39, 0.29) is 0 Å². The molecule has 0 aliphatic heterocycles. The van der Waals surface area contributed by atoms with E-state index in [2.05, 4.69) is 25.2 Å². The Morgan fingerprint density at radius 1 is 1.56 bits per heavy atom. The molecule has 0 aromatic rings. The lowest BCUT2D eigenvalue weighted by atomic mass is 9.87. The molecule has 0 N–H and O–H groups in total. The Morgan fingerprint density at radius 3 is 3.22 bits per heavy atom. The first kappa shape index (κ1) is 5.28. The molecule has 1 unspecified atom stereocenters. The second-order valence-electron chi connectivity index (χ2n) is 3.29. The zero-order chi connectivity index (χ0) is 6.32. The van der Waals surface area contributed by atoms with Crippen LogP contribution in [0.15, 0.2) is 23.8 Å². The fraction of sp³-hybridized carbons (Fsp3) is 0.556. The Kier molecular flexibility index (Phi) is 0.879. The lowest BCUT2D eigenvalue weighted by Crippen LogP contribution is -2.06. The summed E-state index contributed by atoms with van der Waals surface area (Å²) in [6, 6.07) is 0. The van der Waals surface area contributed by atoms with Crippen LogP contribution in [0.2, 0.25) is 0 Å². The first-order valence-corrected chi connectivity index (χ1v) is 3.68. The average Bonchev–Trinajstić information content (AvgIpc) is 2.22. The summed E-state index contributed by atoms with van der Waals surface area (Å²) in [4.78, 5) is 0. The fourth-order valence-electron chi connectivity index (χ4n) is 1.89. The van der Waals surface area contributed by atoms with E-state index < -0.39 is 0 Å². The third-order valence-electron chi connectivity index (χ3n) is 2.61. The molecule has 0 spiro atoms. The van der Waals surface area contributed by atoms with Crippen molar-refractivity contribution in [3.8, 4) is 0 Å². The Hall–Kier alpha value is -0.520. The van der Waals surface area contributed by atoms with Gasteiger partial charge in [-0.05, 0) is 19.3 Å². The van der Waals surface area contributed by atoms with Crippen molar-refractivity contribution in [3.63, 3.8) is 0 Å². The van der Waals surface area contributed by atoms with Gasteiger partial charge in [0.05, 0.1) is 0 Å². The topological polar surface area (TPSA) is 0 Å². The van der Waals surface area contributed by atoms with Crippen molar-refractivity contribution in [2.45, 2.75) is 26.2 Å². The molecule has 48 valence electrons. The van der Waals surface area contributed by atoms with E-state index in [9.17, 15) is 0 Å². The SMILES string of the molecule is CC12C=CCC1=CCC2. The van der Waals surface area contributed by atoms with E-state index in [1.807, 2.05) is 0 Å². The largest absolute Gasteiger partial charge is 0.0841 e. The van der Waals surface area contributed by atoms with Gasteiger partial charge in [-0.2, -0.15) is 0 Å². The average molecular weight is 120 g/mol. The van der Waals surface area contributed by atoms with Gasteiger partial charge in [-0.15, -0.1) is 0 Å². The van der Waals surface area contributed by atoms with Crippen LogP contribution in [0.25, 0.3) is 0 Å². The first-order valence-electron chi connectivity index (χ1n) is 3.68. The Labute approximate surface area is 56.3 Å². The van der Waals surface area contributed by atoms with Gasteiger partial charge >= 0.3 is 0 Å². The number of hydrogen-bond acceptors (Lipinski definition) is 0.